The topological polar surface area (TPSA) is 70.5 Å². The second kappa shape index (κ2) is 7.38. The molecule has 1 aliphatic carbocycles. The van der Waals surface area contributed by atoms with Crippen LogP contribution < -0.4 is 5.32 Å². The highest BCUT2D eigenvalue weighted by Gasteiger charge is 2.31. The average molecular weight is 377 g/mol. The van der Waals surface area contributed by atoms with Crippen LogP contribution in [0.1, 0.15) is 41.9 Å². The normalized spacial score (nSPS) is 20.7. The van der Waals surface area contributed by atoms with Gasteiger partial charge in [0.15, 0.2) is 0 Å². The molecule has 1 aliphatic heterocycles. The number of aryl methyl sites for hydroxylation is 2. The largest absolute Gasteiger partial charge is 0.388 e. The molecular weight excluding hydrogens is 348 g/mol. The van der Waals surface area contributed by atoms with Crippen LogP contribution in [0.25, 0.3) is 10.2 Å². The van der Waals surface area contributed by atoms with Gasteiger partial charge >= 0.3 is 0 Å². The molecule has 2 N–H and O–H groups in total. The Bertz CT molecular complexity index is 779. The number of anilines is 1. The standard InChI is InChI=1S/C19H28N4O2S/c1-13-14(2)26-18-16(13)17(20-12-19(24)5-3-4-6-19)21-15(22-18)11-23-7-9-25-10-8-23/h24H,3-12H2,1-2H3,(H,20,21,22). The Balaban J connectivity index is 1.61. The Morgan fingerprint density at radius 3 is 2.65 bits per heavy atom. The van der Waals surface area contributed by atoms with Crippen molar-refractivity contribution >= 4 is 27.4 Å². The molecular formula is C19H28N4O2S. The van der Waals surface area contributed by atoms with Gasteiger partial charge in [0.1, 0.15) is 16.5 Å². The van der Waals surface area contributed by atoms with E-state index in [1.54, 1.807) is 11.3 Å². The first-order chi connectivity index (χ1) is 12.5. The Morgan fingerprint density at radius 2 is 1.92 bits per heavy atom. The van der Waals surface area contributed by atoms with Gasteiger partial charge in [-0.15, -0.1) is 11.3 Å². The van der Waals surface area contributed by atoms with Gasteiger partial charge in [-0.05, 0) is 32.3 Å². The number of aliphatic hydroxyl groups is 1. The first-order valence-electron chi connectivity index (χ1n) is 9.57. The molecule has 0 unspecified atom stereocenters. The summed E-state index contributed by atoms with van der Waals surface area (Å²) in [6, 6.07) is 0. The minimum atomic E-state index is -0.597. The number of fused-ring (bicyclic) bond motifs is 1. The molecule has 3 heterocycles. The van der Waals surface area contributed by atoms with Gasteiger partial charge < -0.3 is 15.2 Å². The van der Waals surface area contributed by atoms with Crippen molar-refractivity contribution in [2.45, 2.75) is 51.7 Å². The summed E-state index contributed by atoms with van der Waals surface area (Å²) in [6.45, 7) is 8.97. The zero-order chi connectivity index (χ0) is 18.1. The van der Waals surface area contributed by atoms with Gasteiger partial charge in [-0.25, -0.2) is 9.97 Å². The van der Waals surface area contributed by atoms with Crippen LogP contribution in [0, 0.1) is 13.8 Å². The third kappa shape index (κ3) is 3.71. The molecule has 7 heteroatoms. The SMILES string of the molecule is Cc1sc2nc(CN3CCOCC3)nc(NCC3(O)CCCC3)c2c1C. The van der Waals surface area contributed by atoms with E-state index in [0.29, 0.717) is 6.54 Å². The number of hydrogen-bond acceptors (Lipinski definition) is 7. The molecule has 2 fully saturated rings. The summed E-state index contributed by atoms with van der Waals surface area (Å²) in [6.07, 6.45) is 3.96. The second-order valence-corrected chi connectivity index (χ2v) is 8.83. The third-order valence-corrected chi connectivity index (χ3v) is 6.76. The molecule has 0 bridgehead atoms. The first kappa shape index (κ1) is 18.1. The van der Waals surface area contributed by atoms with Crippen LogP contribution >= 0.6 is 11.3 Å². The maximum atomic E-state index is 10.7. The van der Waals surface area contributed by atoms with Crippen molar-refractivity contribution < 1.29 is 9.84 Å². The van der Waals surface area contributed by atoms with E-state index in [2.05, 4.69) is 24.1 Å². The van der Waals surface area contributed by atoms with E-state index in [0.717, 1.165) is 80.4 Å². The lowest BCUT2D eigenvalue weighted by atomic mass is 10.0. The van der Waals surface area contributed by atoms with Crippen molar-refractivity contribution in [2.75, 3.05) is 38.2 Å². The number of morpholine rings is 1. The van der Waals surface area contributed by atoms with Crippen LogP contribution in [0.2, 0.25) is 0 Å². The number of ether oxygens (including phenoxy) is 1. The fourth-order valence-corrected chi connectivity index (χ4v) is 4.96. The third-order valence-electron chi connectivity index (χ3n) is 5.66. The highest BCUT2D eigenvalue weighted by atomic mass is 32.1. The van der Waals surface area contributed by atoms with Gasteiger partial charge in [-0.1, -0.05) is 12.8 Å². The molecule has 0 atom stereocenters. The van der Waals surface area contributed by atoms with Crippen LogP contribution in [0.3, 0.4) is 0 Å². The van der Waals surface area contributed by atoms with Crippen LogP contribution in [0.5, 0.6) is 0 Å². The van der Waals surface area contributed by atoms with Crippen LogP contribution in [-0.2, 0) is 11.3 Å². The highest BCUT2D eigenvalue weighted by Crippen LogP contribution is 2.35. The molecule has 1 saturated carbocycles. The molecule has 0 aromatic carbocycles. The molecule has 4 rings (SSSR count). The van der Waals surface area contributed by atoms with Gasteiger partial charge in [-0.2, -0.15) is 0 Å². The molecule has 0 radical (unpaired) electrons. The van der Waals surface area contributed by atoms with E-state index in [4.69, 9.17) is 14.7 Å². The number of aromatic nitrogens is 2. The summed E-state index contributed by atoms with van der Waals surface area (Å²) in [4.78, 5) is 14.3. The number of hydrogen-bond donors (Lipinski definition) is 2. The van der Waals surface area contributed by atoms with E-state index >= 15 is 0 Å². The van der Waals surface area contributed by atoms with Crippen molar-refractivity contribution in [3.63, 3.8) is 0 Å². The minimum absolute atomic E-state index is 0.560. The first-order valence-corrected chi connectivity index (χ1v) is 10.4. The van der Waals surface area contributed by atoms with Gasteiger partial charge in [0, 0.05) is 24.5 Å². The number of rotatable bonds is 5. The fourth-order valence-electron chi connectivity index (χ4n) is 3.91. The lowest BCUT2D eigenvalue weighted by Crippen LogP contribution is -2.36. The van der Waals surface area contributed by atoms with Crippen molar-refractivity contribution in [1.82, 2.24) is 14.9 Å². The van der Waals surface area contributed by atoms with Crippen LogP contribution in [0.4, 0.5) is 5.82 Å². The number of thiophene rings is 1. The molecule has 6 nitrogen and oxygen atoms in total. The fraction of sp³-hybridized carbons (Fsp3) is 0.684. The maximum Gasteiger partial charge on any atom is 0.146 e. The quantitative estimate of drug-likeness (QED) is 0.836. The molecule has 0 amide bonds. The lowest BCUT2D eigenvalue weighted by Gasteiger charge is -2.26. The molecule has 142 valence electrons. The zero-order valence-electron chi connectivity index (χ0n) is 15.7. The zero-order valence-corrected chi connectivity index (χ0v) is 16.5. The predicted octanol–water partition coefficient (Wildman–Crippen LogP) is 2.86. The smallest absolute Gasteiger partial charge is 0.146 e. The minimum Gasteiger partial charge on any atom is -0.388 e. The summed E-state index contributed by atoms with van der Waals surface area (Å²) in [7, 11) is 0. The van der Waals surface area contributed by atoms with Gasteiger partial charge in [0.2, 0.25) is 0 Å². The number of nitrogens with one attached hydrogen (secondary N) is 1. The van der Waals surface area contributed by atoms with Crippen molar-refractivity contribution in [1.29, 1.82) is 0 Å². The van der Waals surface area contributed by atoms with Gasteiger partial charge in [0.05, 0.1) is 30.7 Å². The molecule has 2 aromatic rings. The summed E-state index contributed by atoms with van der Waals surface area (Å²) in [5, 5.41) is 15.3. The maximum absolute atomic E-state index is 10.7. The molecule has 2 aliphatic rings. The van der Waals surface area contributed by atoms with Gasteiger partial charge in [0.25, 0.3) is 0 Å². The van der Waals surface area contributed by atoms with Crippen LogP contribution in [0.15, 0.2) is 0 Å². The monoisotopic (exact) mass is 376 g/mol. The molecule has 0 spiro atoms. The Kier molecular flexibility index (Phi) is 5.14. The van der Waals surface area contributed by atoms with Crippen molar-refractivity contribution in [2.24, 2.45) is 0 Å². The Labute approximate surface area is 158 Å². The second-order valence-electron chi connectivity index (χ2n) is 7.63. The average Bonchev–Trinajstić information content (AvgIpc) is 3.18. The van der Waals surface area contributed by atoms with E-state index < -0.39 is 5.60 Å². The van der Waals surface area contributed by atoms with Gasteiger partial charge in [-0.3, -0.25) is 4.90 Å². The number of nitrogens with zero attached hydrogens (tertiary/aromatic N) is 3. The highest BCUT2D eigenvalue weighted by molar-refractivity contribution is 7.18. The summed E-state index contributed by atoms with van der Waals surface area (Å²) >= 11 is 1.73. The van der Waals surface area contributed by atoms with E-state index in [1.165, 1.54) is 10.4 Å². The van der Waals surface area contributed by atoms with E-state index in [9.17, 15) is 5.11 Å². The molecule has 1 saturated heterocycles. The van der Waals surface area contributed by atoms with Crippen LogP contribution in [-0.4, -0.2) is 58.4 Å². The summed E-state index contributed by atoms with van der Waals surface area (Å²) in [5.41, 5.74) is 0.643. The predicted molar refractivity (Wildman–Crippen MR) is 105 cm³/mol. The molecule has 26 heavy (non-hydrogen) atoms. The Hall–Kier alpha value is -1.28. The lowest BCUT2D eigenvalue weighted by molar-refractivity contribution is 0.0331. The summed E-state index contributed by atoms with van der Waals surface area (Å²) in [5.74, 6) is 1.72. The van der Waals surface area contributed by atoms with Crippen molar-refractivity contribution in [3.8, 4) is 0 Å². The Morgan fingerprint density at radius 1 is 1.19 bits per heavy atom. The van der Waals surface area contributed by atoms with E-state index in [-0.39, 0.29) is 0 Å². The summed E-state index contributed by atoms with van der Waals surface area (Å²) < 4.78 is 5.44. The molecule has 2 aromatic heterocycles. The van der Waals surface area contributed by atoms with E-state index in [1.807, 2.05) is 0 Å². The van der Waals surface area contributed by atoms with Crippen molar-refractivity contribution in [3.05, 3.63) is 16.3 Å².